The summed E-state index contributed by atoms with van der Waals surface area (Å²) in [6.07, 6.45) is 13.9. The molecule has 6 heteroatoms. The lowest BCUT2D eigenvalue weighted by atomic mass is 10.6. The van der Waals surface area contributed by atoms with Gasteiger partial charge in [-0.3, -0.25) is 0 Å². The van der Waals surface area contributed by atoms with Crippen LogP contribution in [0.3, 0.4) is 0 Å². The molecular formula is C19H42Cl2N2P2. The van der Waals surface area contributed by atoms with Gasteiger partial charge in [0.15, 0.2) is 0 Å². The lowest BCUT2D eigenvalue weighted by Crippen LogP contribution is -2.12. The Morgan fingerprint density at radius 3 is 0.880 bits per heavy atom. The number of alkyl halides is 2. The van der Waals surface area contributed by atoms with Gasteiger partial charge in [-0.15, -0.1) is 0 Å². The second-order valence-corrected chi connectivity index (χ2v) is 16.0. The van der Waals surface area contributed by atoms with Crippen molar-refractivity contribution in [1.82, 2.24) is 0 Å². The van der Waals surface area contributed by atoms with Gasteiger partial charge < -0.3 is 0 Å². The van der Waals surface area contributed by atoms with Crippen LogP contribution in [-0.4, -0.2) is 41.6 Å². The number of nitrogens with zero attached hydrogens (tertiary/aromatic N) is 2. The van der Waals surface area contributed by atoms with Crippen molar-refractivity contribution in [1.29, 1.82) is 0 Å². The van der Waals surface area contributed by atoms with E-state index in [9.17, 15) is 0 Å². The first-order chi connectivity index (χ1) is 11.8. The van der Waals surface area contributed by atoms with Gasteiger partial charge in [0.25, 0.3) is 0 Å². The van der Waals surface area contributed by atoms with Gasteiger partial charge in [0, 0.05) is 0 Å². The predicted octanol–water partition coefficient (Wildman–Crippen LogP) is 8.94. The zero-order chi connectivity index (χ0) is 19.4. The third kappa shape index (κ3) is 9.69. The third-order valence-electron chi connectivity index (χ3n) is 4.50. The molecule has 0 atom stereocenters. The van der Waals surface area contributed by atoms with Crippen LogP contribution >= 0.6 is 37.3 Å². The molecule has 0 amide bonds. The molecule has 2 nitrogen and oxygen atoms in total. The van der Waals surface area contributed by atoms with Crippen LogP contribution in [0.25, 0.3) is 0 Å². The van der Waals surface area contributed by atoms with E-state index < -0.39 is 18.7 Å². The first kappa shape index (κ1) is 26.0. The molecule has 0 heterocycles. The number of hydrogen-bond acceptors (Lipinski definition) is 2. The van der Waals surface area contributed by atoms with Gasteiger partial charge in [0.05, 0.1) is 0 Å². The average molecular weight is 431 g/mol. The van der Waals surface area contributed by atoms with E-state index in [1.807, 2.05) is 0 Å². The summed E-state index contributed by atoms with van der Waals surface area (Å²) in [5.74, 6) is 0. The van der Waals surface area contributed by atoms with Crippen LogP contribution in [0.5, 0.6) is 0 Å². The van der Waals surface area contributed by atoms with Gasteiger partial charge in [-0.25, -0.2) is 9.49 Å². The highest BCUT2D eigenvalue weighted by Gasteiger charge is 2.31. The Hall–Kier alpha value is 1.04. The summed E-state index contributed by atoms with van der Waals surface area (Å²) in [7, 11) is -2.95. The highest BCUT2D eigenvalue weighted by atomic mass is 35.5. The monoisotopic (exact) mass is 430 g/mol. The first-order valence-electron chi connectivity index (χ1n) is 10.4. The molecule has 0 rings (SSSR count). The van der Waals surface area contributed by atoms with Crippen LogP contribution in [-0.2, 0) is 0 Å². The second kappa shape index (κ2) is 13.3. The topological polar surface area (TPSA) is 24.7 Å². The zero-order valence-electron chi connectivity index (χ0n) is 17.5. The van der Waals surface area contributed by atoms with Gasteiger partial charge in [0.1, 0.15) is 0 Å². The summed E-state index contributed by atoms with van der Waals surface area (Å²) >= 11 is 13.6. The molecule has 0 aromatic rings. The van der Waals surface area contributed by atoms with Gasteiger partial charge in [-0.1, -0.05) is 103 Å². The molecule has 0 aromatic carbocycles. The van der Waals surface area contributed by atoms with Crippen molar-refractivity contribution in [2.24, 2.45) is 9.49 Å². The fourth-order valence-electron chi connectivity index (χ4n) is 4.00. The Bertz CT molecular complexity index is 375. The van der Waals surface area contributed by atoms with Crippen molar-refractivity contribution in [3.63, 3.8) is 0 Å². The highest BCUT2D eigenvalue weighted by molar-refractivity contribution is 7.67. The molecule has 0 aliphatic carbocycles. The standard InChI is InChI=1S/C19H42Cl2N2P2/c1-7-13-24(14-8-2,15-9-3)22-19(20,21)23-25(16-10-4,17-11-5)18-12-6/h7-18H2,1-6H3. The molecule has 25 heavy (non-hydrogen) atoms. The smallest absolute Gasteiger partial charge is 0.245 e. The number of halogens is 2. The fourth-order valence-corrected chi connectivity index (χ4v) is 14.0. The summed E-state index contributed by atoms with van der Waals surface area (Å²) in [5.41, 5.74) is 0. The van der Waals surface area contributed by atoms with E-state index in [0.717, 1.165) is 75.5 Å². The van der Waals surface area contributed by atoms with Crippen molar-refractivity contribution < 1.29 is 0 Å². The van der Waals surface area contributed by atoms with Crippen LogP contribution in [0.1, 0.15) is 80.1 Å². The Labute approximate surface area is 168 Å². The third-order valence-corrected chi connectivity index (χ3v) is 14.4. The van der Waals surface area contributed by atoms with E-state index in [1.54, 1.807) is 0 Å². The van der Waals surface area contributed by atoms with Gasteiger partial charge in [-0.05, 0) is 51.1 Å². The maximum atomic E-state index is 6.81. The number of rotatable bonds is 14. The maximum Gasteiger partial charge on any atom is 0.303 e. The molecule has 0 unspecified atom stereocenters. The molecule has 0 saturated carbocycles. The normalized spacial score (nSPS) is 13.1. The minimum atomic E-state index is -1.48. The van der Waals surface area contributed by atoms with E-state index in [2.05, 4.69) is 41.5 Å². The molecule has 0 radical (unpaired) electrons. The largest absolute Gasteiger partial charge is 0.303 e. The summed E-state index contributed by atoms with van der Waals surface area (Å²) < 4.78 is 9.05. The molecule has 0 spiro atoms. The quantitative estimate of drug-likeness (QED) is 0.149. The molecule has 0 saturated heterocycles. The molecular weight excluding hydrogens is 389 g/mol. The van der Waals surface area contributed by atoms with E-state index in [4.69, 9.17) is 32.7 Å². The maximum absolute atomic E-state index is 6.81. The number of hydrogen-bond donors (Lipinski definition) is 0. The van der Waals surface area contributed by atoms with Gasteiger partial charge in [0.2, 0.25) is 0 Å². The van der Waals surface area contributed by atoms with Crippen LogP contribution in [0.2, 0.25) is 0 Å². The minimum Gasteiger partial charge on any atom is -0.245 e. The van der Waals surface area contributed by atoms with Crippen LogP contribution in [0.15, 0.2) is 9.49 Å². The van der Waals surface area contributed by atoms with Crippen molar-refractivity contribution in [3.8, 4) is 0 Å². The molecule has 0 aliphatic rings. The molecule has 0 aliphatic heterocycles. The Morgan fingerprint density at radius 2 is 0.720 bits per heavy atom. The summed E-state index contributed by atoms with van der Waals surface area (Å²) in [6, 6.07) is 0. The Kier molecular flexibility index (Phi) is 13.8. The summed E-state index contributed by atoms with van der Waals surface area (Å²) in [5, 5.41) is 0. The Morgan fingerprint density at radius 1 is 0.520 bits per heavy atom. The van der Waals surface area contributed by atoms with E-state index in [1.165, 1.54) is 0 Å². The van der Waals surface area contributed by atoms with Crippen molar-refractivity contribution in [3.05, 3.63) is 0 Å². The molecule has 0 fully saturated rings. The van der Waals surface area contributed by atoms with E-state index in [0.29, 0.717) is 0 Å². The van der Waals surface area contributed by atoms with Crippen LogP contribution < -0.4 is 0 Å². The highest BCUT2D eigenvalue weighted by Crippen LogP contribution is 2.59. The first-order valence-corrected chi connectivity index (χ1v) is 15.7. The lowest BCUT2D eigenvalue weighted by molar-refractivity contribution is 0.873. The van der Waals surface area contributed by atoms with Crippen molar-refractivity contribution >= 4 is 37.3 Å². The molecule has 152 valence electrons. The summed E-state index contributed by atoms with van der Waals surface area (Å²) in [4.78, 5) is 0. The van der Waals surface area contributed by atoms with Crippen LogP contribution in [0, 0.1) is 0 Å². The van der Waals surface area contributed by atoms with Gasteiger partial charge >= 0.3 is 4.58 Å². The lowest BCUT2D eigenvalue weighted by Gasteiger charge is -2.30. The van der Waals surface area contributed by atoms with Crippen LogP contribution in [0.4, 0.5) is 0 Å². The molecule has 0 N–H and O–H groups in total. The van der Waals surface area contributed by atoms with E-state index in [-0.39, 0.29) is 0 Å². The molecule has 0 aromatic heterocycles. The minimum absolute atomic E-state index is 1.15. The van der Waals surface area contributed by atoms with Gasteiger partial charge in [-0.2, -0.15) is 0 Å². The zero-order valence-corrected chi connectivity index (χ0v) is 20.8. The predicted molar refractivity (Wildman–Crippen MR) is 124 cm³/mol. The van der Waals surface area contributed by atoms with Crippen molar-refractivity contribution in [2.75, 3.05) is 37.0 Å². The summed E-state index contributed by atoms with van der Waals surface area (Å²) in [6.45, 7) is 13.5. The Balaban J connectivity index is 6.13. The SMILES string of the molecule is CCCP(CCC)(CCC)=NC(Cl)(Cl)N=P(CCC)(CCC)CCC. The average Bonchev–Trinajstić information content (AvgIpc) is 2.47. The van der Waals surface area contributed by atoms with E-state index >= 15 is 0 Å². The molecule has 0 bridgehead atoms. The fraction of sp³-hybridized carbons (Fsp3) is 1.00. The second-order valence-electron chi connectivity index (χ2n) is 7.24. The van der Waals surface area contributed by atoms with Crippen molar-refractivity contribution in [2.45, 2.75) is 84.6 Å².